The SMILES string of the molecule is CNC1(C2CCN(c3ccc(N4CCN(c5cccc(-c6nncn6C(C)C)n5)C4=O)cc3)CC2)COC1. The van der Waals surface area contributed by atoms with E-state index in [2.05, 4.69) is 65.6 Å². The van der Waals surface area contributed by atoms with Crippen molar-refractivity contribution in [2.45, 2.75) is 38.3 Å². The molecule has 6 rings (SSSR count). The summed E-state index contributed by atoms with van der Waals surface area (Å²) in [5.41, 5.74) is 2.99. The zero-order valence-corrected chi connectivity index (χ0v) is 22.4. The number of nitrogens with one attached hydrogen (secondary N) is 1. The molecule has 3 aliphatic heterocycles. The van der Waals surface area contributed by atoms with E-state index in [-0.39, 0.29) is 17.6 Å². The Morgan fingerprint density at radius 3 is 2.34 bits per heavy atom. The molecule has 1 N–H and O–H groups in total. The van der Waals surface area contributed by atoms with E-state index in [1.54, 1.807) is 11.2 Å². The first kappa shape index (κ1) is 24.8. The average Bonchev–Trinajstić information content (AvgIpc) is 3.57. The number of piperidine rings is 1. The molecule has 5 heterocycles. The zero-order valence-electron chi connectivity index (χ0n) is 22.4. The van der Waals surface area contributed by atoms with Crippen LogP contribution in [0.5, 0.6) is 0 Å². The van der Waals surface area contributed by atoms with Crippen LogP contribution in [0.4, 0.5) is 22.0 Å². The van der Waals surface area contributed by atoms with Gasteiger partial charge in [-0.3, -0.25) is 9.80 Å². The van der Waals surface area contributed by atoms with Crippen LogP contribution in [-0.2, 0) is 4.74 Å². The highest BCUT2D eigenvalue weighted by Gasteiger charge is 2.45. The fourth-order valence-corrected chi connectivity index (χ4v) is 5.93. The molecule has 2 aromatic heterocycles. The van der Waals surface area contributed by atoms with Crippen molar-refractivity contribution in [1.29, 1.82) is 0 Å². The molecule has 0 radical (unpaired) electrons. The molecule has 3 aliphatic rings. The fourth-order valence-electron chi connectivity index (χ4n) is 5.93. The van der Waals surface area contributed by atoms with Crippen LogP contribution in [0.2, 0.25) is 0 Å². The van der Waals surface area contributed by atoms with Crippen molar-refractivity contribution >= 4 is 23.2 Å². The molecule has 3 saturated heterocycles. The average molecular weight is 517 g/mol. The van der Waals surface area contributed by atoms with Crippen molar-refractivity contribution in [2.24, 2.45) is 5.92 Å². The summed E-state index contributed by atoms with van der Waals surface area (Å²) in [5, 5.41) is 11.8. The zero-order chi connectivity index (χ0) is 26.3. The molecule has 10 heteroatoms. The lowest BCUT2D eigenvalue weighted by Crippen LogP contribution is -2.65. The minimum Gasteiger partial charge on any atom is -0.377 e. The van der Waals surface area contributed by atoms with Gasteiger partial charge in [0.1, 0.15) is 17.8 Å². The number of carbonyl (C=O) groups excluding carboxylic acids is 1. The lowest BCUT2D eigenvalue weighted by molar-refractivity contribution is -0.105. The van der Waals surface area contributed by atoms with Gasteiger partial charge in [-0.15, -0.1) is 10.2 Å². The van der Waals surface area contributed by atoms with E-state index in [4.69, 9.17) is 9.72 Å². The second-order valence-corrected chi connectivity index (χ2v) is 10.8. The maximum absolute atomic E-state index is 13.4. The Hall–Kier alpha value is -3.50. The van der Waals surface area contributed by atoms with Gasteiger partial charge in [-0.2, -0.15) is 0 Å². The fraction of sp³-hybridized carbons (Fsp3) is 0.500. The number of carbonyl (C=O) groups is 1. The maximum Gasteiger partial charge on any atom is 0.330 e. The third-order valence-electron chi connectivity index (χ3n) is 8.40. The predicted octanol–water partition coefficient (Wildman–Crippen LogP) is 3.57. The third kappa shape index (κ3) is 4.31. The molecule has 10 nitrogen and oxygen atoms in total. The number of hydrogen-bond acceptors (Lipinski definition) is 7. The number of benzene rings is 1. The van der Waals surface area contributed by atoms with Gasteiger partial charge in [-0.25, -0.2) is 9.78 Å². The van der Waals surface area contributed by atoms with Crippen LogP contribution in [0.25, 0.3) is 11.5 Å². The van der Waals surface area contributed by atoms with Crippen LogP contribution in [0.1, 0.15) is 32.7 Å². The largest absolute Gasteiger partial charge is 0.377 e. The quantitative estimate of drug-likeness (QED) is 0.513. The molecule has 0 unspecified atom stereocenters. The van der Waals surface area contributed by atoms with Crippen molar-refractivity contribution in [3.63, 3.8) is 0 Å². The number of hydrogen-bond donors (Lipinski definition) is 1. The Balaban J connectivity index is 1.12. The summed E-state index contributed by atoms with van der Waals surface area (Å²) in [4.78, 5) is 24.2. The molecule has 0 bridgehead atoms. The molecular formula is C28H36N8O2. The summed E-state index contributed by atoms with van der Waals surface area (Å²) in [6, 6.07) is 14.3. The smallest absolute Gasteiger partial charge is 0.330 e. The summed E-state index contributed by atoms with van der Waals surface area (Å²) >= 11 is 0. The molecule has 0 saturated carbocycles. The van der Waals surface area contributed by atoms with Crippen molar-refractivity contribution < 1.29 is 9.53 Å². The first-order valence-electron chi connectivity index (χ1n) is 13.6. The molecule has 0 atom stereocenters. The van der Waals surface area contributed by atoms with Gasteiger partial charge in [-0.05, 0) is 76.1 Å². The second kappa shape index (κ2) is 9.99. The number of urea groups is 1. The lowest BCUT2D eigenvalue weighted by atomic mass is 9.76. The number of pyridine rings is 1. The van der Waals surface area contributed by atoms with Crippen molar-refractivity contribution in [3.05, 3.63) is 48.8 Å². The predicted molar refractivity (Wildman–Crippen MR) is 148 cm³/mol. The molecule has 3 fully saturated rings. The topological polar surface area (TPSA) is 91.6 Å². The highest BCUT2D eigenvalue weighted by Crippen LogP contribution is 2.36. The number of amides is 2. The number of rotatable bonds is 7. The van der Waals surface area contributed by atoms with Crippen LogP contribution >= 0.6 is 0 Å². The molecule has 2 amide bonds. The van der Waals surface area contributed by atoms with E-state index in [0.29, 0.717) is 36.3 Å². The van der Waals surface area contributed by atoms with Crippen molar-refractivity contribution in [1.82, 2.24) is 25.1 Å². The molecule has 0 aliphatic carbocycles. The van der Waals surface area contributed by atoms with E-state index >= 15 is 0 Å². The Morgan fingerprint density at radius 1 is 0.974 bits per heavy atom. The molecule has 1 aromatic carbocycles. The summed E-state index contributed by atoms with van der Waals surface area (Å²) in [7, 11) is 2.06. The van der Waals surface area contributed by atoms with E-state index in [1.165, 1.54) is 5.69 Å². The van der Waals surface area contributed by atoms with Gasteiger partial charge in [0, 0.05) is 43.6 Å². The summed E-state index contributed by atoms with van der Waals surface area (Å²) in [5.74, 6) is 1.98. The van der Waals surface area contributed by atoms with Crippen LogP contribution < -0.4 is 20.0 Å². The Bertz CT molecular complexity index is 1270. The van der Waals surface area contributed by atoms with Gasteiger partial charge in [0.15, 0.2) is 5.82 Å². The van der Waals surface area contributed by atoms with Gasteiger partial charge >= 0.3 is 6.03 Å². The van der Waals surface area contributed by atoms with E-state index < -0.39 is 0 Å². The van der Waals surface area contributed by atoms with Gasteiger partial charge < -0.3 is 19.5 Å². The Morgan fingerprint density at radius 2 is 1.68 bits per heavy atom. The number of anilines is 3. The summed E-state index contributed by atoms with van der Waals surface area (Å²) < 4.78 is 7.50. The number of likely N-dealkylation sites (N-methyl/N-ethyl adjacent to an activating group) is 1. The molecular weight excluding hydrogens is 480 g/mol. The van der Waals surface area contributed by atoms with Crippen LogP contribution in [-0.4, -0.2) is 77.8 Å². The highest BCUT2D eigenvalue weighted by atomic mass is 16.5. The van der Waals surface area contributed by atoms with Gasteiger partial charge in [0.2, 0.25) is 0 Å². The Kier molecular flexibility index (Phi) is 6.53. The van der Waals surface area contributed by atoms with Crippen LogP contribution in [0, 0.1) is 5.92 Å². The molecule has 0 spiro atoms. The first-order chi connectivity index (χ1) is 18.5. The van der Waals surface area contributed by atoms with E-state index in [0.717, 1.165) is 44.8 Å². The number of aromatic nitrogens is 4. The third-order valence-corrected chi connectivity index (χ3v) is 8.40. The van der Waals surface area contributed by atoms with Gasteiger partial charge in [0.25, 0.3) is 0 Å². The van der Waals surface area contributed by atoms with Gasteiger partial charge in [0.05, 0.1) is 18.8 Å². The van der Waals surface area contributed by atoms with Crippen molar-refractivity contribution in [3.8, 4) is 11.5 Å². The monoisotopic (exact) mass is 516 g/mol. The lowest BCUT2D eigenvalue weighted by Gasteiger charge is -2.50. The minimum atomic E-state index is -0.0615. The van der Waals surface area contributed by atoms with E-state index in [1.807, 2.05) is 27.7 Å². The molecule has 38 heavy (non-hydrogen) atoms. The van der Waals surface area contributed by atoms with Gasteiger partial charge in [-0.1, -0.05) is 6.07 Å². The van der Waals surface area contributed by atoms with E-state index in [9.17, 15) is 4.79 Å². The summed E-state index contributed by atoms with van der Waals surface area (Å²) in [6.07, 6.45) is 4.03. The number of nitrogens with zero attached hydrogens (tertiary/aromatic N) is 7. The standard InChI is InChI=1S/C28H36N8O2/c1-20(2)36-19-30-32-26(36)24-5-4-6-25(31-24)35-16-15-34(27(35)37)23-9-7-22(8-10-23)33-13-11-21(12-14-33)28(29-3)17-38-18-28/h4-10,19-21,29H,11-18H2,1-3H3. The minimum absolute atomic E-state index is 0.0615. The summed E-state index contributed by atoms with van der Waals surface area (Å²) in [6.45, 7) is 9.08. The normalized spacial score (nSPS) is 19.9. The molecule has 200 valence electrons. The van der Waals surface area contributed by atoms with Crippen LogP contribution in [0.15, 0.2) is 48.8 Å². The second-order valence-electron chi connectivity index (χ2n) is 10.8. The number of ether oxygens (including phenoxy) is 1. The highest BCUT2D eigenvalue weighted by molar-refractivity contribution is 6.05. The maximum atomic E-state index is 13.4. The Labute approximate surface area is 223 Å². The van der Waals surface area contributed by atoms with Crippen molar-refractivity contribution in [2.75, 3.05) is 61.1 Å². The molecule has 3 aromatic rings. The van der Waals surface area contributed by atoms with Crippen LogP contribution in [0.3, 0.4) is 0 Å². The first-order valence-corrected chi connectivity index (χ1v) is 13.6.